The third-order valence-electron chi connectivity index (χ3n) is 4.01. The molecule has 0 bridgehead atoms. The van der Waals surface area contributed by atoms with Gasteiger partial charge in [0, 0.05) is 13.1 Å². The fourth-order valence-electron chi connectivity index (χ4n) is 2.82. The van der Waals surface area contributed by atoms with E-state index in [2.05, 4.69) is 10.4 Å². The Balaban J connectivity index is 1.96. The van der Waals surface area contributed by atoms with Crippen LogP contribution in [0.3, 0.4) is 0 Å². The molecule has 1 aromatic heterocycles. The van der Waals surface area contributed by atoms with Gasteiger partial charge in [0.15, 0.2) is 0 Å². The Kier molecular flexibility index (Phi) is 5.05. The molecule has 1 aliphatic rings. The van der Waals surface area contributed by atoms with Gasteiger partial charge < -0.3 is 10.4 Å². The number of hydrogen-bond donors (Lipinski definition) is 2. The predicted octanol–water partition coefficient (Wildman–Crippen LogP) is 2.15. The van der Waals surface area contributed by atoms with E-state index in [-0.39, 0.29) is 12.5 Å². The predicted molar refractivity (Wildman–Crippen MR) is 77.9 cm³/mol. The van der Waals surface area contributed by atoms with E-state index in [1.165, 1.54) is 12.8 Å². The Labute approximate surface area is 124 Å². The number of carbonyl (C=O) groups is 1. The Hall–Kier alpha value is -1.07. The highest BCUT2D eigenvalue weighted by Crippen LogP contribution is 2.27. The molecule has 1 atom stereocenters. The molecule has 1 fully saturated rings. The molecule has 1 aliphatic carbocycles. The fraction of sp³-hybridized carbons (Fsp3) is 0.714. The molecule has 20 heavy (non-hydrogen) atoms. The zero-order valence-electron chi connectivity index (χ0n) is 12.0. The lowest BCUT2D eigenvalue weighted by Crippen LogP contribution is -2.35. The fourth-order valence-corrected chi connectivity index (χ4v) is 3.20. The number of rotatable bonds is 5. The van der Waals surface area contributed by atoms with Crippen LogP contribution in [0.4, 0.5) is 0 Å². The van der Waals surface area contributed by atoms with Gasteiger partial charge in [-0.2, -0.15) is 5.10 Å². The van der Waals surface area contributed by atoms with E-state index in [0.29, 0.717) is 28.9 Å². The van der Waals surface area contributed by atoms with E-state index in [1.807, 2.05) is 6.92 Å². The molecule has 0 radical (unpaired) electrons. The molecule has 1 amide bonds. The average molecular weight is 300 g/mol. The standard InChI is InChI=1S/C14H22ClN3O2/c1-3-18-13(15)12(9(2)17-18)14(20)16-8-11(19)10-6-4-5-7-10/h10-11,19H,3-8H2,1-2H3,(H,16,20). The van der Waals surface area contributed by atoms with E-state index in [1.54, 1.807) is 11.6 Å². The summed E-state index contributed by atoms with van der Waals surface area (Å²) in [4.78, 5) is 12.2. The Morgan fingerprint density at radius 2 is 2.20 bits per heavy atom. The summed E-state index contributed by atoms with van der Waals surface area (Å²) < 4.78 is 1.60. The Morgan fingerprint density at radius 3 is 2.75 bits per heavy atom. The molecule has 6 heteroatoms. The minimum absolute atomic E-state index is 0.260. The van der Waals surface area contributed by atoms with E-state index >= 15 is 0 Å². The lowest BCUT2D eigenvalue weighted by atomic mass is 10.0. The number of aliphatic hydroxyl groups excluding tert-OH is 1. The smallest absolute Gasteiger partial charge is 0.256 e. The van der Waals surface area contributed by atoms with Crippen molar-refractivity contribution in [2.75, 3.05) is 6.54 Å². The van der Waals surface area contributed by atoms with Gasteiger partial charge in [-0.15, -0.1) is 0 Å². The van der Waals surface area contributed by atoms with Crippen LogP contribution in [0.25, 0.3) is 0 Å². The molecule has 2 N–H and O–H groups in total. The van der Waals surface area contributed by atoms with Gasteiger partial charge in [-0.25, -0.2) is 0 Å². The van der Waals surface area contributed by atoms with Gasteiger partial charge in [-0.05, 0) is 32.6 Å². The lowest BCUT2D eigenvalue weighted by Gasteiger charge is -2.18. The number of halogens is 1. The summed E-state index contributed by atoms with van der Waals surface area (Å²) in [6.07, 6.45) is 3.96. The summed E-state index contributed by atoms with van der Waals surface area (Å²) in [5.74, 6) is 0.0504. The summed E-state index contributed by atoms with van der Waals surface area (Å²) in [5.41, 5.74) is 1.02. The molecule has 0 aromatic carbocycles. The molecule has 5 nitrogen and oxygen atoms in total. The van der Waals surface area contributed by atoms with Crippen molar-refractivity contribution in [3.63, 3.8) is 0 Å². The van der Waals surface area contributed by atoms with Gasteiger partial charge in [-0.3, -0.25) is 9.48 Å². The number of nitrogens with zero attached hydrogens (tertiary/aromatic N) is 2. The minimum Gasteiger partial charge on any atom is -0.391 e. The van der Waals surface area contributed by atoms with Crippen molar-refractivity contribution in [1.29, 1.82) is 0 Å². The number of aromatic nitrogens is 2. The Morgan fingerprint density at radius 1 is 1.55 bits per heavy atom. The third kappa shape index (κ3) is 3.15. The van der Waals surface area contributed by atoms with Gasteiger partial charge in [-0.1, -0.05) is 24.4 Å². The number of carbonyl (C=O) groups excluding carboxylic acids is 1. The van der Waals surface area contributed by atoms with Gasteiger partial charge in [0.25, 0.3) is 5.91 Å². The summed E-state index contributed by atoms with van der Waals surface area (Å²) >= 11 is 6.14. The molecule has 1 aromatic rings. The number of amides is 1. The maximum Gasteiger partial charge on any atom is 0.256 e. The van der Waals surface area contributed by atoms with Crippen molar-refractivity contribution in [3.8, 4) is 0 Å². The summed E-state index contributed by atoms with van der Waals surface area (Å²) in [7, 11) is 0. The van der Waals surface area contributed by atoms with Crippen molar-refractivity contribution in [2.24, 2.45) is 5.92 Å². The van der Waals surface area contributed by atoms with Crippen LogP contribution >= 0.6 is 11.6 Å². The topological polar surface area (TPSA) is 67.2 Å². The lowest BCUT2D eigenvalue weighted by molar-refractivity contribution is 0.0840. The van der Waals surface area contributed by atoms with E-state index in [0.717, 1.165) is 12.8 Å². The summed E-state index contributed by atoms with van der Waals surface area (Å²) in [6, 6.07) is 0. The first-order valence-corrected chi connectivity index (χ1v) is 7.61. The van der Waals surface area contributed by atoms with Gasteiger partial charge in [0.1, 0.15) is 5.15 Å². The van der Waals surface area contributed by atoms with E-state index in [4.69, 9.17) is 11.6 Å². The van der Waals surface area contributed by atoms with Crippen molar-refractivity contribution in [3.05, 3.63) is 16.4 Å². The largest absolute Gasteiger partial charge is 0.391 e. The van der Waals surface area contributed by atoms with Crippen LogP contribution in [0, 0.1) is 12.8 Å². The number of aliphatic hydroxyl groups is 1. The van der Waals surface area contributed by atoms with Crippen molar-refractivity contribution in [2.45, 2.75) is 52.2 Å². The number of nitrogens with one attached hydrogen (secondary N) is 1. The minimum atomic E-state index is -0.471. The van der Waals surface area contributed by atoms with Crippen molar-refractivity contribution < 1.29 is 9.90 Å². The number of aryl methyl sites for hydroxylation is 2. The van der Waals surface area contributed by atoms with Crippen LogP contribution in [0.5, 0.6) is 0 Å². The first-order chi connectivity index (χ1) is 9.54. The molecule has 1 heterocycles. The SMILES string of the molecule is CCn1nc(C)c(C(=O)NCC(O)C2CCCC2)c1Cl. The first kappa shape index (κ1) is 15.3. The van der Waals surface area contributed by atoms with Gasteiger partial charge in [0.2, 0.25) is 0 Å². The normalized spacial score (nSPS) is 17.4. The van der Waals surface area contributed by atoms with Gasteiger partial charge in [0.05, 0.1) is 17.4 Å². The second kappa shape index (κ2) is 6.59. The molecule has 1 saturated carbocycles. The molecule has 2 rings (SSSR count). The van der Waals surface area contributed by atoms with E-state index < -0.39 is 6.10 Å². The van der Waals surface area contributed by atoms with Crippen LogP contribution < -0.4 is 5.32 Å². The summed E-state index contributed by atoms with van der Waals surface area (Å²) in [6.45, 7) is 4.58. The maximum absolute atomic E-state index is 12.2. The highest BCUT2D eigenvalue weighted by molar-refractivity contribution is 6.33. The van der Waals surface area contributed by atoms with Crippen LogP contribution in [0.15, 0.2) is 0 Å². The highest BCUT2D eigenvalue weighted by Gasteiger charge is 2.25. The van der Waals surface area contributed by atoms with Crippen LogP contribution in [0.1, 0.15) is 48.7 Å². The molecule has 112 valence electrons. The average Bonchev–Trinajstić information content (AvgIpc) is 3.04. The van der Waals surface area contributed by atoms with Crippen LogP contribution in [0.2, 0.25) is 5.15 Å². The molecular formula is C14H22ClN3O2. The quantitative estimate of drug-likeness (QED) is 0.875. The molecule has 0 spiro atoms. The molecular weight excluding hydrogens is 278 g/mol. The first-order valence-electron chi connectivity index (χ1n) is 7.23. The Bertz CT molecular complexity index is 481. The maximum atomic E-state index is 12.2. The summed E-state index contributed by atoms with van der Waals surface area (Å²) in [5, 5.41) is 17.4. The van der Waals surface area contributed by atoms with Crippen LogP contribution in [-0.4, -0.2) is 33.4 Å². The highest BCUT2D eigenvalue weighted by atomic mass is 35.5. The number of hydrogen-bond acceptors (Lipinski definition) is 3. The molecule has 1 unspecified atom stereocenters. The van der Waals surface area contributed by atoms with Crippen LogP contribution in [-0.2, 0) is 6.54 Å². The van der Waals surface area contributed by atoms with E-state index in [9.17, 15) is 9.90 Å². The zero-order valence-corrected chi connectivity index (χ0v) is 12.8. The van der Waals surface area contributed by atoms with Crippen molar-refractivity contribution in [1.82, 2.24) is 15.1 Å². The third-order valence-corrected chi connectivity index (χ3v) is 4.39. The second-order valence-corrected chi connectivity index (χ2v) is 5.75. The zero-order chi connectivity index (χ0) is 14.7. The van der Waals surface area contributed by atoms with Crippen molar-refractivity contribution >= 4 is 17.5 Å². The molecule has 0 aliphatic heterocycles. The molecule has 0 saturated heterocycles. The monoisotopic (exact) mass is 299 g/mol. The van der Waals surface area contributed by atoms with Gasteiger partial charge >= 0.3 is 0 Å². The second-order valence-electron chi connectivity index (χ2n) is 5.39.